The molecule has 0 spiro atoms. The van der Waals surface area contributed by atoms with E-state index >= 15 is 4.39 Å². The highest BCUT2D eigenvalue weighted by atomic mass is 19.1. The van der Waals surface area contributed by atoms with Gasteiger partial charge in [0.25, 0.3) is 5.91 Å². The van der Waals surface area contributed by atoms with E-state index in [1.807, 2.05) is 6.07 Å². The fourth-order valence-corrected chi connectivity index (χ4v) is 4.39. The molecule has 0 radical (unpaired) electrons. The lowest BCUT2D eigenvalue weighted by atomic mass is 9.98. The van der Waals surface area contributed by atoms with E-state index in [1.165, 1.54) is 24.7 Å². The van der Waals surface area contributed by atoms with Gasteiger partial charge in [-0.2, -0.15) is 0 Å². The number of ether oxygens (including phenoxy) is 2. The fourth-order valence-electron chi connectivity index (χ4n) is 4.39. The number of nitrogens with zero attached hydrogens (tertiary/aromatic N) is 5. The van der Waals surface area contributed by atoms with Crippen molar-refractivity contribution in [2.24, 2.45) is 11.7 Å². The third kappa shape index (κ3) is 5.47. The van der Waals surface area contributed by atoms with Crippen LogP contribution in [0.2, 0.25) is 0 Å². The molecule has 196 valence electrons. The molecule has 11 heteroatoms. The number of amides is 1. The highest BCUT2D eigenvalue weighted by Gasteiger charge is 2.19. The number of fused-ring (bicyclic) bond motifs is 1. The summed E-state index contributed by atoms with van der Waals surface area (Å²) in [5.41, 5.74) is 6.57. The molecule has 3 heterocycles. The maximum atomic E-state index is 15.1. The first-order valence-corrected chi connectivity index (χ1v) is 12.2. The maximum Gasteiger partial charge on any atom is 0.267 e. The largest absolute Gasteiger partial charge is 0.493 e. The zero-order valence-electron chi connectivity index (χ0n) is 21.1. The van der Waals surface area contributed by atoms with Gasteiger partial charge in [0.15, 0.2) is 17.3 Å². The maximum absolute atomic E-state index is 15.1. The summed E-state index contributed by atoms with van der Waals surface area (Å²) < 4.78 is 26.8. The molecule has 38 heavy (non-hydrogen) atoms. The van der Waals surface area contributed by atoms with Gasteiger partial charge in [0.2, 0.25) is 0 Å². The summed E-state index contributed by atoms with van der Waals surface area (Å²) in [5.74, 6) is 1.01. The second kappa shape index (κ2) is 10.9. The molecule has 4 aromatic rings. The number of piperidine rings is 1. The molecule has 0 aliphatic carbocycles. The normalized spacial score (nSPS) is 14.4. The number of rotatable bonds is 8. The van der Waals surface area contributed by atoms with Crippen molar-refractivity contribution in [2.45, 2.75) is 12.8 Å². The Morgan fingerprint density at radius 2 is 1.95 bits per heavy atom. The first kappa shape index (κ1) is 25.3. The number of benzene rings is 2. The first-order valence-electron chi connectivity index (χ1n) is 12.2. The Bertz CT molecular complexity index is 1470. The number of carbonyl (C=O) groups is 1. The number of methoxy groups -OCH3 is 1. The van der Waals surface area contributed by atoms with Crippen LogP contribution in [0, 0.1) is 11.7 Å². The van der Waals surface area contributed by atoms with E-state index in [0.29, 0.717) is 46.3 Å². The first-order chi connectivity index (χ1) is 18.4. The Hall–Kier alpha value is -4.38. The molecule has 5 rings (SSSR count). The third-order valence-electron chi connectivity index (χ3n) is 6.62. The van der Waals surface area contributed by atoms with Gasteiger partial charge < -0.3 is 25.4 Å². The third-order valence-corrected chi connectivity index (χ3v) is 6.62. The molecule has 0 bridgehead atoms. The number of nitrogens with two attached hydrogens (primary N) is 1. The molecule has 0 unspecified atom stereocenters. The minimum absolute atomic E-state index is 0.0497. The Labute approximate surface area is 219 Å². The molecule has 2 aromatic carbocycles. The molecule has 1 aliphatic rings. The van der Waals surface area contributed by atoms with Gasteiger partial charge in [-0.1, -0.05) is 0 Å². The minimum atomic E-state index is -0.686. The van der Waals surface area contributed by atoms with Gasteiger partial charge >= 0.3 is 0 Å². The van der Waals surface area contributed by atoms with Crippen molar-refractivity contribution in [3.8, 4) is 22.9 Å². The highest BCUT2D eigenvalue weighted by Crippen LogP contribution is 2.36. The number of nitrogens with one attached hydrogen (secondary N) is 1. The number of hydrogen-bond donors (Lipinski definition) is 2. The van der Waals surface area contributed by atoms with Crippen molar-refractivity contribution < 1.29 is 18.7 Å². The molecule has 1 amide bonds. The van der Waals surface area contributed by atoms with Gasteiger partial charge in [-0.25, -0.2) is 24.3 Å². The van der Waals surface area contributed by atoms with E-state index in [9.17, 15) is 4.79 Å². The molecule has 3 N–H and O–H groups in total. The molecule has 10 nitrogen and oxygen atoms in total. The lowest BCUT2D eigenvalue weighted by molar-refractivity contribution is 0.0995. The topological polar surface area (TPSA) is 128 Å². The number of hydrogen-bond acceptors (Lipinski definition) is 9. The summed E-state index contributed by atoms with van der Waals surface area (Å²) in [7, 11) is 3.71. The summed E-state index contributed by atoms with van der Waals surface area (Å²) in [5, 5.41) is 3.69. The van der Waals surface area contributed by atoms with Crippen LogP contribution < -0.4 is 20.5 Å². The summed E-state index contributed by atoms with van der Waals surface area (Å²) in [6.45, 7) is 2.74. The van der Waals surface area contributed by atoms with Crippen molar-refractivity contribution in [1.82, 2.24) is 24.8 Å². The Balaban J connectivity index is 1.38. The van der Waals surface area contributed by atoms with Crippen LogP contribution >= 0.6 is 0 Å². The second-order valence-electron chi connectivity index (χ2n) is 9.25. The minimum Gasteiger partial charge on any atom is -0.493 e. The molecular weight excluding hydrogens is 489 g/mol. The summed E-state index contributed by atoms with van der Waals surface area (Å²) in [6.07, 6.45) is 5.00. The van der Waals surface area contributed by atoms with E-state index in [0.717, 1.165) is 25.9 Å². The molecule has 2 aromatic heterocycles. The van der Waals surface area contributed by atoms with Crippen LogP contribution in [0.25, 0.3) is 22.3 Å². The zero-order valence-corrected chi connectivity index (χ0v) is 21.1. The van der Waals surface area contributed by atoms with E-state index in [-0.39, 0.29) is 17.2 Å². The quantitative estimate of drug-likeness (QED) is 0.359. The van der Waals surface area contributed by atoms with Crippen molar-refractivity contribution in [1.29, 1.82) is 0 Å². The summed E-state index contributed by atoms with van der Waals surface area (Å²) >= 11 is 0. The van der Waals surface area contributed by atoms with Crippen LogP contribution in [0.4, 0.5) is 15.9 Å². The van der Waals surface area contributed by atoms with Gasteiger partial charge in [0.1, 0.15) is 23.7 Å². The monoisotopic (exact) mass is 517 g/mol. The molecular formula is C27H28FN7O3. The van der Waals surface area contributed by atoms with Crippen LogP contribution in [-0.2, 0) is 0 Å². The number of anilines is 2. The summed E-state index contributed by atoms with van der Waals surface area (Å²) in [4.78, 5) is 30.6. The van der Waals surface area contributed by atoms with Crippen molar-refractivity contribution in [2.75, 3.05) is 39.2 Å². The molecule has 0 atom stereocenters. The van der Waals surface area contributed by atoms with Crippen LogP contribution in [0.15, 0.2) is 48.9 Å². The number of primary amides is 1. The molecule has 1 fully saturated rings. The Morgan fingerprint density at radius 1 is 1.13 bits per heavy atom. The van der Waals surface area contributed by atoms with E-state index in [4.69, 9.17) is 15.2 Å². The number of carbonyl (C=O) groups excluding carboxylic acids is 1. The average molecular weight is 518 g/mol. The van der Waals surface area contributed by atoms with Crippen LogP contribution in [0.5, 0.6) is 11.5 Å². The molecule has 0 saturated carbocycles. The van der Waals surface area contributed by atoms with Crippen molar-refractivity contribution in [3.05, 3.63) is 60.4 Å². The van der Waals surface area contributed by atoms with Crippen LogP contribution in [0.3, 0.4) is 0 Å². The smallest absolute Gasteiger partial charge is 0.267 e. The predicted molar refractivity (Wildman–Crippen MR) is 141 cm³/mol. The van der Waals surface area contributed by atoms with E-state index in [2.05, 4.69) is 37.2 Å². The second-order valence-corrected chi connectivity index (χ2v) is 9.25. The predicted octanol–water partition coefficient (Wildman–Crippen LogP) is 3.80. The van der Waals surface area contributed by atoms with Gasteiger partial charge in [-0.05, 0) is 69.2 Å². The van der Waals surface area contributed by atoms with Gasteiger partial charge in [-0.3, -0.25) is 4.79 Å². The van der Waals surface area contributed by atoms with Crippen LogP contribution in [-0.4, -0.2) is 64.6 Å². The number of halogens is 1. The van der Waals surface area contributed by atoms with Crippen molar-refractivity contribution >= 4 is 28.3 Å². The SMILES string of the molecule is COc1cc2c(Nc3ccc(-c4nccc(C(N)=O)n4)cc3F)ncnc2cc1OCC1CCN(C)CC1. The lowest BCUT2D eigenvalue weighted by Crippen LogP contribution is -2.32. The summed E-state index contributed by atoms with van der Waals surface area (Å²) in [6, 6.07) is 9.48. The Kier molecular flexibility index (Phi) is 7.27. The average Bonchev–Trinajstić information content (AvgIpc) is 2.93. The van der Waals surface area contributed by atoms with Gasteiger partial charge in [0.05, 0.1) is 24.9 Å². The van der Waals surface area contributed by atoms with Crippen molar-refractivity contribution in [3.63, 3.8) is 0 Å². The van der Waals surface area contributed by atoms with Crippen LogP contribution in [0.1, 0.15) is 23.3 Å². The highest BCUT2D eigenvalue weighted by molar-refractivity contribution is 5.93. The fraction of sp³-hybridized carbons (Fsp3) is 0.296. The molecule has 1 saturated heterocycles. The lowest BCUT2D eigenvalue weighted by Gasteiger charge is -2.28. The van der Waals surface area contributed by atoms with E-state index < -0.39 is 11.7 Å². The molecule has 1 aliphatic heterocycles. The zero-order chi connectivity index (χ0) is 26.6. The van der Waals surface area contributed by atoms with E-state index in [1.54, 1.807) is 25.3 Å². The number of aromatic nitrogens is 4. The van der Waals surface area contributed by atoms with Gasteiger partial charge in [0, 0.05) is 23.2 Å². The van der Waals surface area contributed by atoms with Gasteiger partial charge in [-0.15, -0.1) is 0 Å². The standard InChI is InChI=1S/C27H28FN7O3/c1-35-9-6-16(7-10-35)14-38-24-13-22-18(12-23(24)37-2)27(32-15-31-22)33-20-4-3-17(11-19(20)28)26-30-8-5-21(34-26)25(29)36/h3-5,8,11-13,15-16H,6-7,9-10,14H2,1-2H3,(H2,29,36)(H,31,32,33). The Morgan fingerprint density at radius 3 is 2.68 bits per heavy atom. The number of likely N-dealkylation sites (tertiary alicyclic amines) is 1.